The molecule has 0 aliphatic carbocycles. The fourth-order valence-electron chi connectivity index (χ4n) is 3.49. The number of fused-ring (bicyclic) bond motifs is 1. The first-order chi connectivity index (χ1) is 9.15. The fourth-order valence-corrected chi connectivity index (χ4v) is 3.49. The molecule has 19 heavy (non-hydrogen) atoms. The quantitative estimate of drug-likeness (QED) is 0.812. The molecule has 0 spiro atoms. The Morgan fingerprint density at radius 1 is 1.21 bits per heavy atom. The van der Waals surface area contributed by atoms with Gasteiger partial charge in [-0.05, 0) is 44.5 Å². The van der Waals surface area contributed by atoms with Crippen LogP contribution >= 0.6 is 0 Å². The normalized spacial score (nSPS) is 28.6. The van der Waals surface area contributed by atoms with E-state index in [1.54, 1.807) is 0 Å². The second-order valence-electron chi connectivity index (χ2n) is 5.69. The first-order valence-corrected chi connectivity index (χ1v) is 7.07. The molecule has 2 heterocycles. The molecule has 2 saturated heterocycles. The molecule has 0 N–H and O–H groups in total. The largest absolute Gasteiger partial charge is 0.298 e. The van der Waals surface area contributed by atoms with Crippen molar-refractivity contribution < 1.29 is 8.78 Å². The van der Waals surface area contributed by atoms with Crippen molar-refractivity contribution in [2.45, 2.75) is 38.4 Å². The van der Waals surface area contributed by atoms with Gasteiger partial charge in [-0.25, -0.2) is 8.78 Å². The molecule has 0 radical (unpaired) electrons. The predicted molar refractivity (Wildman–Crippen MR) is 70.8 cm³/mol. The van der Waals surface area contributed by atoms with E-state index in [1.165, 1.54) is 37.6 Å². The van der Waals surface area contributed by atoms with Crippen LogP contribution in [0.3, 0.4) is 0 Å². The van der Waals surface area contributed by atoms with E-state index in [4.69, 9.17) is 0 Å². The standard InChI is InChI=1S/C15H20F2N2/c1-11-15-3-2-6-18(15)7-8-19(11)10-12-9-13(16)4-5-14(12)17/h4-5,9,11,15H,2-3,6-8,10H2,1H3/t11-,15+/m1/s1. The van der Waals surface area contributed by atoms with Crippen molar-refractivity contribution in [2.75, 3.05) is 19.6 Å². The summed E-state index contributed by atoms with van der Waals surface area (Å²) in [5, 5.41) is 0. The van der Waals surface area contributed by atoms with Gasteiger partial charge in [0.1, 0.15) is 11.6 Å². The van der Waals surface area contributed by atoms with Gasteiger partial charge >= 0.3 is 0 Å². The minimum absolute atomic E-state index is 0.303. The molecule has 2 aliphatic heterocycles. The van der Waals surface area contributed by atoms with Crippen LogP contribution in [0.5, 0.6) is 0 Å². The average molecular weight is 266 g/mol. The molecule has 2 fully saturated rings. The summed E-state index contributed by atoms with van der Waals surface area (Å²) in [6.45, 7) is 5.89. The molecule has 3 rings (SSSR count). The smallest absolute Gasteiger partial charge is 0.127 e. The van der Waals surface area contributed by atoms with Crippen LogP contribution in [0.15, 0.2) is 18.2 Å². The van der Waals surface area contributed by atoms with Crippen molar-refractivity contribution in [1.29, 1.82) is 0 Å². The van der Waals surface area contributed by atoms with E-state index in [-0.39, 0.29) is 11.6 Å². The molecule has 0 amide bonds. The lowest BCUT2D eigenvalue weighted by Gasteiger charge is -2.43. The van der Waals surface area contributed by atoms with Crippen molar-refractivity contribution in [3.8, 4) is 0 Å². The molecule has 104 valence electrons. The lowest BCUT2D eigenvalue weighted by atomic mass is 10.0. The van der Waals surface area contributed by atoms with E-state index in [0.717, 1.165) is 13.1 Å². The number of hydrogen-bond donors (Lipinski definition) is 0. The number of nitrogens with zero attached hydrogens (tertiary/aromatic N) is 2. The number of hydrogen-bond acceptors (Lipinski definition) is 2. The van der Waals surface area contributed by atoms with Crippen molar-refractivity contribution >= 4 is 0 Å². The Balaban J connectivity index is 1.74. The molecule has 1 aromatic carbocycles. The molecule has 2 nitrogen and oxygen atoms in total. The van der Waals surface area contributed by atoms with Gasteiger partial charge in [0.2, 0.25) is 0 Å². The monoisotopic (exact) mass is 266 g/mol. The fraction of sp³-hybridized carbons (Fsp3) is 0.600. The summed E-state index contributed by atoms with van der Waals surface area (Å²) in [6.07, 6.45) is 2.49. The number of piperazine rings is 1. The minimum atomic E-state index is -0.358. The zero-order valence-corrected chi connectivity index (χ0v) is 11.3. The first kappa shape index (κ1) is 13.0. The Morgan fingerprint density at radius 2 is 2.05 bits per heavy atom. The van der Waals surface area contributed by atoms with Gasteiger partial charge < -0.3 is 0 Å². The van der Waals surface area contributed by atoms with Crippen molar-refractivity contribution in [3.63, 3.8) is 0 Å². The lowest BCUT2D eigenvalue weighted by Crippen LogP contribution is -2.55. The molecular weight excluding hydrogens is 246 g/mol. The molecule has 1 aromatic rings. The summed E-state index contributed by atoms with van der Waals surface area (Å²) < 4.78 is 26.9. The summed E-state index contributed by atoms with van der Waals surface area (Å²) in [5.74, 6) is -0.661. The van der Waals surface area contributed by atoms with E-state index in [0.29, 0.717) is 24.2 Å². The van der Waals surface area contributed by atoms with Crippen molar-refractivity contribution in [2.24, 2.45) is 0 Å². The maximum Gasteiger partial charge on any atom is 0.127 e. The second kappa shape index (κ2) is 5.17. The topological polar surface area (TPSA) is 6.48 Å². The van der Waals surface area contributed by atoms with E-state index < -0.39 is 0 Å². The van der Waals surface area contributed by atoms with Crippen LogP contribution in [0, 0.1) is 11.6 Å². The van der Waals surface area contributed by atoms with E-state index >= 15 is 0 Å². The van der Waals surface area contributed by atoms with Crippen LogP contribution < -0.4 is 0 Å². The van der Waals surface area contributed by atoms with Gasteiger partial charge in [-0.3, -0.25) is 9.80 Å². The van der Waals surface area contributed by atoms with Crippen molar-refractivity contribution in [1.82, 2.24) is 9.80 Å². The summed E-state index contributed by atoms with van der Waals surface area (Å²) in [5.41, 5.74) is 0.471. The first-order valence-electron chi connectivity index (χ1n) is 7.07. The highest BCUT2D eigenvalue weighted by atomic mass is 19.1. The third-order valence-corrected chi connectivity index (χ3v) is 4.60. The molecule has 0 aromatic heterocycles. The summed E-state index contributed by atoms with van der Waals surface area (Å²) >= 11 is 0. The third-order valence-electron chi connectivity index (χ3n) is 4.60. The Labute approximate surface area is 113 Å². The van der Waals surface area contributed by atoms with E-state index in [1.807, 2.05) is 0 Å². The van der Waals surface area contributed by atoms with Gasteiger partial charge in [0, 0.05) is 37.3 Å². The van der Waals surface area contributed by atoms with Gasteiger partial charge in [-0.1, -0.05) is 0 Å². The molecular formula is C15H20F2N2. The number of rotatable bonds is 2. The predicted octanol–water partition coefficient (Wildman–Crippen LogP) is 2.63. The van der Waals surface area contributed by atoms with Gasteiger partial charge in [-0.15, -0.1) is 0 Å². The molecule has 2 atom stereocenters. The van der Waals surface area contributed by atoms with Gasteiger partial charge in [0.25, 0.3) is 0 Å². The molecule has 0 unspecified atom stereocenters. The summed E-state index contributed by atoms with van der Waals surface area (Å²) in [4.78, 5) is 4.81. The molecule has 2 aliphatic rings. The van der Waals surface area contributed by atoms with Crippen LogP contribution in [0.2, 0.25) is 0 Å². The van der Waals surface area contributed by atoms with E-state index in [9.17, 15) is 8.78 Å². The van der Waals surface area contributed by atoms with Crippen LogP contribution in [0.4, 0.5) is 8.78 Å². The summed E-state index contributed by atoms with van der Waals surface area (Å²) in [6, 6.07) is 4.73. The summed E-state index contributed by atoms with van der Waals surface area (Å²) in [7, 11) is 0. The van der Waals surface area contributed by atoms with Crippen LogP contribution in [0.25, 0.3) is 0 Å². The highest BCUT2D eigenvalue weighted by Crippen LogP contribution is 2.28. The average Bonchev–Trinajstić information content (AvgIpc) is 2.86. The number of halogens is 2. The molecule has 0 bridgehead atoms. The third kappa shape index (κ3) is 2.51. The Morgan fingerprint density at radius 3 is 2.89 bits per heavy atom. The maximum absolute atomic E-state index is 13.7. The second-order valence-corrected chi connectivity index (χ2v) is 5.69. The number of benzene rings is 1. The maximum atomic E-state index is 13.7. The minimum Gasteiger partial charge on any atom is -0.298 e. The lowest BCUT2D eigenvalue weighted by molar-refractivity contribution is 0.0463. The molecule has 0 saturated carbocycles. The zero-order valence-electron chi connectivity index (χ0n) is 11.3. The van der Waals surface area contributed by atoms with E-state index in [2.05, 4.69) is 16.7 Å². The van der Waals surface area contributed by atoms with Crippen LogP contribution in [-0.4, -0.2) is 41.5 Å². The highest BCUT2D eigenvalue weighted by molar-refractivity contribution is 5.19. The molecule has 4 heteroatoms. The SMILES string of the molecule is C[C@@H]1[C@@H]2CCCN2CCN1Cc1cc(F)ccc1F. The highest BCUT2D eigenvalue weighted by Gasteiger charge is 2.36. The van der Waals surface area contributed by atoms with Gasteiger partial charge in [0.05, 0.1) is 0 Å². The van der Waals surface area contributed by atoms with Gasteiger partial charge in [0.15, 0.2) is 0 Å². The Kier molecular flexibility index (Phi) is 3.54. The van der Waals surface area contributed by atoms with Crippen molar-refractivity contribution in [3.05, 3.63) is 35.4 Å². The zero-order chi connectivity index (χ0) is 13.4. The van der Waals surface area contributed by atoms with Crippen LogP contribution in [0.1, 0.15) is 25.3 Å². The van der Waals surface area contributed by atoms with Crippen LogP contribution in [-0.2, 0) is 6.54 Å². The Bertz CT molecular complexity index is 463. The van der Waals surface area contributed by atoms with Gasteiger partial charge in [-0.2, -0.15) is 0 Å². The Hall–Kier alpha value is -1.00.